The monoisotopic (exact) mass is 362 g/mol. The van der Waals surface area contributed by atoms with Crippen LogP contribution in [0.4, 0.5) is 0 Å². The van der Waals surface area contributed by atoms with E-state index in [-0.39, 0.29) is 18.1 Å². The van der Waals surface area contributed by atoms with Gasteiger partial charge in [0.05, 0.1) is 6.10 Å². The van der Waals surface area contributed by atoms with Crippen molar-refractivity contribution in [2.75, 3.05) is 0 Å². The van der Waals surface area contributed by atoms with E-state index in [0.29, 0.717) is 12.3 Å². The van der Waals surface area contributed by atoms with Crippen LogP contribution in [0.1, 0.15) is 71.6 Å². The second-order valence-corrected chi connectivity index (χ2v) is 7.34. The second kappa shape index (κ2) is 12.6. The molecule has 1 aliphatic carbocycles. The number of carboxylic acid groups (broad SMARTS) is 1. The van der Waals surface area contributed by atoms with Crippen molar-refractivity contribution in [3.05, 3.63) is 36.0 Å². The summed E-state index contributed by atoms with van der Waals surface area (Å²) in [4.78, 5) is 22.5. The summed E-state index contributed by atoms with van der Waals surface area (Å²) in [7, 11) is 0. The van der Waals surface area contributed by atoms with E-state index in [1.54, 1.807) is 6.08 Å². The van der Waals surface area contributed by atoms with E-state index in [2.05, 4.69) is 13.8 Å². The third-order valence-electron chi connectivity index (χ3n) is 4.79. The van der Waals surface area contributed by atoms with Gasteiger partial charge in [0.25, 0.3) is 0 Å². The number of hydrogen-bond acceptors (Lipinski definition) is 3. The smallest absolute Gasteiger partial charge is 0.303 e. The maximum atomic E-state index is 12.0. The van der Waals surface area contributed by atoms with Crippen molar-refractivity contribution in [2.24, 2.45) is 11.8 Å². The first kappa shape index (κ1) is 22.4. The largest absolute Gasteiger partial charge is 0.481 e. The minimum atomic E-state index is -0.758. The van der Waals surface area contributed by atoms with Crippen molar-refractivity contribution < 1.29 is 19.8 Å². The standard InChI is InChI=1S/C22H34O4/c1-3-4-9-17(2)16-19(23)14-12-18-13-15-21(24)20(18)10-7-5-6-8-11-22(25)26/h10,12-15,17-19,23H,3-9,11,16H2,1-2H3,(H,25,26)/b14-12+,20-10-. The highest BCUT2D eigenvalue weighted by molar-refractivity contribution is 6.07. The summed E-state index contributed by atoms with van der Waals surface area (Å²) in [5.74, 6) is -0.277. The second-order valence-electron chi connectivity index (χ2n) is 7.34. The molecule has 0 aromatic heterocycles. The predicted octanol–water partition coefficient (Wildman–Crippen LogP) is 4.84. The lowest BCUT2D eigenvalue weighted by molar-refractivity contribution is -0.137. The summed E-state index contributed by atoms with van der Waals surface area (Å²) >= 11 is 0. The highest BCUT2D eigenvalue weighted by Crippen LogP contribution is 2.25. The molecule has 0 aromatic carbocycles. The minimum Gasteiger partial charge on any atom is -0.481 e. The molecule has 0 aromatic rings. The van der Waals surface area contributed by atoms with Crippen molar-refractivity contribution in [1.29, 1.82) is 0 Å². The molecular weight excluding hydrogens is 328 g/mol. The highest BCUT2D eigenvalue weighted by Gasteiger charge is 2.20. The molecule has 2 N–H and O–H groups in total. The lowest BCUT2D eigenvalue weighted by Crippen LogP contribution is -2.10. The Morgan fingerprint density at radius 2 is 2.04 bits per heavy atom. The Bertz CT molecular complexity index is 530. The number of carbonyl (C=O) groups is 2. The molecule has 3 atom stereocenters. The minimum absolute atomic E-state index is 0.0380. The average Bonchev–Trinajstić information content (AvgIpc) is 2.94. The van der Waals surface area contributed by atoms with Gasteiger partial charge in [-0.3, -0.25) is 9.59 Å². The summed E-state index contributed by atoms with van der Waals surface area (Å²) in [6.07, 6.45) is 16.4. The molecule has 146 valence electrons. The van der Waals surface area contributed by atoms with Crippen molar-refractivity contribution in [1.82, 2.24) is 0 Å². The zero-order chi connectivity index (χ0) is 19.4. The van der Waals surface area contributed by atoms with Crippen LogP contribution in [0.15, 0.2) is 36.0 Å². The van der Waals surface area contributed by atoms with Gasteiger partial charge < -0.3 is 10.2 Å². The molecule has 0 amide bonds. The molecule has 0 aliphatic heterocycles. The third-order valence-corrected chi connectivity index (χ3v) is 4.79. The number of aliphatic hydroxyl groups is 1. The third kappa shape index (κ3) is 9.14. The molecule has 4 nitrogen and oxygen atoms in total. The number of aliphatic carboxylic acids is 1. The van der Waals surface area contributed by atoms with Crippen LogP contribution in [0, 0.1) is 11.8 Å². The summed E-state index contributed by atoms with van der Waals surface area (Å²) < 4.78 is 0. The van der Waals surface area contributed by atoms with E-state index in [9.17, 15) is 14.7 Å². The lowest BCUT2D eigenvalue weighted by atomic mass is 9.95. The molecule has 3 unspecified atom stereocenters. The Hall–Kier alpha value is -1.68. The van der Waals surface area contributed by atoms with Crippen LogP contribution in [0.25, 0.3) is 0 Å². The molecule has 0 spiro atoms. The zero-order valence-corrected chi connectivity index (χ0v) is 16.2. The van der Waals surface area contributed by atoms with Crippen molar-refractivity contribution in [3.8, 4) is 0 Å². The predicted molar refractivity (Wildman–Crippen MR) is 105 cm³/mol. The van der Waals surface area contributed by atoms with Crippen LogP contribution >= 0.6 is 0 Å². The van der Waals surface area contributed by atoms with Crippen LogP contribution in [0.3, 0.4) is 0 Å². The first-order valence-corrected chi connectivity index (χ1v) is 9.94. The highest BCUT2D eigenvalue weighted by atomic mass is 16.4. The molecule has 1 aliphatic rings. The Balaban J connectivity index is 2.43. The van der Waals surface area contributed by atoms with Gasteiger partial charge in [0.1, 0.15) is 0 Å². The van der Waals surface area contributed by atoms with E-state index >= 15 is 0 Å². The van der Waals surface area contributed by atoms with Gasteiger partial charge >= 0.3 is 5.97 Å². The van der Waals surface area contributed by atoms with E-state index in [1.165, 1.54) is 12.8 Å². The van der Waals surface area contributed by atoms with E-state index < -0.39 is 12.1 Å². The van der Waals surface area contributed by atoms with E-state index in [0.717, 1.165) is 37.7 Å². The molecule has 0 saturated carbocycles. The fourth-order valence-electron chi connectivity index (χ4n) is 3.22. The molecule has 0 saturated heterocycles. The summed E-state index contributed by atoms with van der Waals surface area (Å²) in [5.41, 5.74) is 0.769. The van der Waals surface area contributed by atoms with Gasteiger partial charge in [0, 0.05) is 17.9 Å². The van der Waals surface area contributed by atoms with Crippen molar-refractivity contribution >= 4 is 11.8 Å². The van der Waals surface area contributed by atoms with Gasteiger partial charge in [0.2, 0.25) is 0 Å². The number of carboxylic acids is 1. The van der Waals surface area contributed by atoms with Gasteiger partial charge in [-0.05, 0) is 37.7 Å². The van der Waals surface area contributed by atoms with Crippen LogP contribution in [-0.4, -0.2) is 28.1 Å². The molecule has 1 rings (SSSR count). The summed E-state index contributed by atoms with van der Waals surface area (Å²) in [6.45, 7) is 4.34. The first-order chi connectivity index (χ1) is 12.4. The van der Waals surface area contributed by atoms with Gasteiger partial charge in [-0.25, -0.2) is 0 Å². The van der Waals surface area contributed by atoms with Gasteiger partial charge in [-0.1, -0.05) is 63.8 Å². The Morgan fingerprint density at radius 1 is 1.27 bits per heavy atom. The molecule has 0 heterocycles. The number of rotatable bonds is 13. The molecular formula is C22H34O4. The zero-order valence-electron chi connectivity index (χ0n) is 16.2. The number of allylic oxidation sites excluding steroid dienone is 5. The van der Waals surface area contributed by atoms with Gasteiger partial charge in [-0.15, -0.1) is 0 Å². The Kier molecular flexibility index (Phi) is 10.9. The fourth-order valence-corrected chi connectivity index (χ4v) is 3.22. The first-order valence-electron chi connectivity index (χ1n) is 9.94. The van der Waals surface area contributed by atoms with Crippen LogP contribution in [0.2, 0.25) is 0 Å². The fraction of sp³-hybridized carbons (Fsp3) is 0.636. The number of ketones is 1. The van der Waals surface area contributed by atoms with E-state index in [4.69, 9.17) is 5.11 Å². The molecule has 0 bridgehead atoms. The van der Waals surface area contributed by atoms with Gasteiger partial charge in [-0.2, -0.15) is 0 Å². The van der Waals surface area contributed by atoms with Crippen molar-refractivity contribution in [2.45, 2.75) is 77.7 Å². The van der Waals surface area contributed by atoms with Crippen LogP contribution < -0.4 is 0 Å². The summed E-state index contributed by atoms with van der Waals surface area (Å²) in [6, 6.07) is 0. The normalized spacial score (nSPS) is 21.0. The Labute approximate surface area is 157 Å². The average molecular weight is 363 g/mol. The number of aliphatic hydroxyl groups excluding tert-OH is 1. The Morgan fingerprint density at radius 3 is 2.73 bits per heavy atom. The number of unbranched alkanes of at least 4 members (excludes halogenated alkanes) is 4. The number of hydrogen-bond donors (Lipinski definition) is 2. The summed E-state index contributed by atoms with van der Waals surface area (Å²) in [5, 5.41) is 18.8. The SMILES string of the molecule is CCCCC(C)CC(O)/C=C/C1C=CC(=O)/C1=C\CCCCCC(=O)O. The van der Waals surface area contributed by atoms with Crippen LogP contribution in [0.5, 0.6) is 0 Å². The molecule has 0 radical (unpaired) electrons. The molecule has 26 heavy (non-hydrogen) atoms. The lowest BCUT2D eigenvalue weighted by Gasteiger charge is -2.14. The molecule has 0 fully saturated rings. The van der Waals surface area contributed by atoms with Gasteiger partial charge in [0.15, 0.2) is 5.78 Å². The van der Waals surface area contributed by atoms with Crippen molar-refractivity contribution in [3.63, 3.8) is 0 Å². The molecule has 4 heteroatoms. The maximum Gasteiger partial charge on any atom is 0.303 e. The quantitative estimate of drug-likeness (QED) is 0.279. The topological polar surface area (TPSA) is 74.6 Å². The number of carbonyl (C=O) groups excluding carboxylic acids is 1. The van der Waals surface area contributed by atoms with E-state index in [1.807, 2.05) is 24.3 Å². The maximum absolute atomic E-state index is 12.0. The van der Waals surface area contributed by atoms with Crippen LogP contribution in [-0.2, 0) is 9.59 Å².